The zero-order valence-electron chi connectivity index (χ0n) is 7.42. The van der Waals surface area contributed by atoms with Gasteiger partial charge in [-0.2, -0.15) is 13.2 Å². The first-order valence-corrected chi connectivity index (χ1v) is 5.94. The summed E-state index contributed by atoms with van der Waals surface area (Å²) in [5.74, 6) is -0.513. The molecule has 9 heteroatoms. The van der Waals surface area contributed by atoms with Gasteiger partial charge < -0.3 is 10.8 Å². The van der Waals surface area contributed by atoms with Crippen LogP contribution in [0.15, 0.2) is 21.5 Å². The van der Waals surface area contributed by atoms with Crippen LogP contribution in [0.4, 0.5) is 18.9 Å². The molecule has 4 nitrogen and oxygen atoms in total. The van der Waals surface area contributed by atoms with E-state index in [0.29, 0.717) is 12.1 Å². The Labute approximate surface area is 96.9 Å². The normalized spacial score (nSPS) is 12.8. The van der Waals surface area contributed by atoms with Gasteiger partial charge in [0.25, 0.3) is 9.84 Å². The molecule has 0 aliphatic carbocycles. The fourth-order valence-corrected chi connectivity index (χ4v) is 2.33. The number of rotatable bonds is 1. The van der Waals surface area contributed by atoms with Crippen molar-refractivity contribution in [2.75, 3.05) is 5.73 Å². The van der Waals surface area contributed by atoms with Crippen LogP contribution in [0.2, 0.25) is 0 Å². The van der Waals surface area contributed by atoms with Crippen LogP contribution < -0.4 is 5.73 Å². The van der Waals surface area contributed by atoms with Gasteiger partial charge in [-0.15, -0.1) is 0 Å². The summed E-state index contributed by atoms with van der Waals surface area (Å²) in [5.41, 5.74) is -0.718. The van der Waals surface area contributed by atoms with Gasteiger partial charge in [0.1, 0.15) is 0 Å². The van der Waals surface area contributed by atoms with Crippen molar-refractivity contribution in [2.24, 2.45) is 0 Å². The molecule has 0 bridgehead atoms. The monoisotopic (exact) mass is 319 g/mol. The number of hydrogen-bond acceptors (Lipinski definition) is 4. The molecule has 0 fully saturated rings. The molecule has 1 aromatic carbocycles. The van der Waals surface area contributed by atoms with Gasteiger partial charge in [-0.05, 0) is 28.1 Å². The number of hydrogen-bond donors (Lipinski definition) is 2. The first kappa shape index (κ1) is 13.1. The fourth-order valence-electron chi connectivity index (χ4n) is 0.883. The molecular weight excluding hydrogens is 315 g/mol. The van der Waals surface area contributed by atoms with Crippen molar-refractivity contribution >= 4 is 31.5 Å². The minimum Gasteiger partial charge on any atom is -0.505 e. The molecule has 1 aromatic rings. The number of alkyl halides is 3. The molecule has 0 aliphatic rings. The van der Waals surface area contributed by atoms with Crippen LogP contribution in [0.3, 0.4) is 0 Å². The Morgan fingerprint density at radius 3 is 2.19 bits per heavy atom. The first-order chi connectivity index (χ1) is 7.07. The number of nitrogen functional groups attached to an aromatic ring is 1. The van der Waals surface area contributed by atoms with Gasteiger partial charge in [-0.1, -0.05) is 0 Å². The largest absolute Gasteiger partial charge is 0.505 e. The van der Waals surface area contributed by atoms with Crippen molar-refractivity contribution in [3.63, 3.8) is 0 Å². The molecule has 90 valence electrons. The number of benzene rings is 1. The Balaban J connectivity index is 3.49. The highest BCUT2D eigenvalue weighted by molar-refractivity contribution is 9.10. The molecule has 0 atom stereocenters. The highest BCUT2D eigenvalue weighted by atomic mass is 79.9. The third-order valence-corrected chi connectivity index (χ3v) is 3.75. The lowest BCUT2D eigenvalue weighted by Gasteiger charge is -2.10. The van der Waals surface area contributed by atoms with Crippen LogP contribution in [-0.4, -0.2) is 19.0 Å². The first-order valence-electron chi connectivity index (χ1n) is 3.66. The number of nitrogens with two attached hydrogens (primary N) is 1. The highest BCUT2D eigenvalue weighted by Gasteiger charge is 2.47. The van der Waals surface area contributed by atoms with E-state index in [1.54, 1.807) is 0 Å². The molecule has 0 radical (unpaired) electrons. The zero-order valence-corrected chi connectivity index (χ0v) is 9.82. The Kier molecular flexibility index (Phi) is 3.12. The lowest BCUT2D eigenvalue weighted by Crippen LogP contribution is -2.23. The molecule has 0 spiro atoms. The average Bonchev–Trinajstić information content (AvgIpc) is 2.11. The molecule has 0 saturated carbocycles. The number of sulfone groups is 1. The van der Waals surface area contributed by atoms with E-state index in [2.05, 4.69) is 15.9 Å². The summed E-state index contributed by atoms with van der Waals surface area (Å²) in [6, 6.07) is 1.18. The number of aromatic hydroxyl groups is 1. The standard InChI is InChI=1S/C7H5BrF3NO3S/c8-4-1-3(2-5(12)6(4)13)16(14,15)7(9,10)11/h1-2,13H,12H2. The van der Waals surface area contributed by atoms with Crippen molar-refractivity contribution < 1.29 is 26.7 Å². The van der Waals surface area contributed by atoms with Crippen LogP contribution in [0.25, 0.3) is 0 Å². The Bertz CT molecular complexity index is 503. The molecule has 0 saturated heterocycles. The Morgan fingerprint density at radius 2 is 1.81 bits per heavy atom. The molecule has 0 aliphatic heterocycles. The summed E-state index contributed by atoms with van der Waals surface area (Å²) in [6.45, 7) is 0. The maximum atomic E-state index is 12.2. The number of halogens is 4. The van der Waals surface area contributed by atoms with Gasteiger partial charge in [-0.3, -0.25) is 0 Å². The van der Waals surface area contributed by atoms with Crippen LogP contribution in [0, 0.1) is 0 Å². The number of phenols is 1. The van der Waals surface area contributed by atoms with E-state index < -0.39 is 31.7 Å². The van der Waals surface area contributed by atoms with Crippen LogP contribution in [0.1, 0.15) is 0 Å². The second-order valence-electron chi connectivity index (χ2n) is 2.79. The van der Waals surface area contributed by atoms with Gasteiger partial charge in [0.15, 0.2) is 5.75 Å². The van der Waals surface area contributed by atoms with Crippen molar-refractivity contribution in [2.45, 2.75) is 10.4 Å². The lowest BCUT2D eigenvalue weighted by molar-refractivity contribution is -0.0436. The molecule has 16 heavy (non-hydrogen) atoms. The molecule has 0 amide bonds. The number of anilines is 1. The van der Waals surface area contributed by atoms with Crippen molar-refractivity contribution in [1.29, 1.82) is 0 Å². The van der Waals surface area contributed by atoms with Gasteiger partial charge in [0.2, 0.25) is 0 Å². The maximum Gasteiger partial charge on any atom is 0.501 e. The van der Waals surface area contributed by atoms with E-state index in [1.807, 2.05) is 0 Å². The minimum atomic E-state index is -5.46. The quantitative estimate of drug-likeness (QED) is 0.613. The Hall–Kier alpha value is -0.960. The van der Waals surface area contributed by atoms with E-state index in [0.717, 1.165) is 0 Å². The molecule has 3 N–H and O–H groups in total. The second kappa shape index (κ2) is 3.81. The lowest BCUT2D eigenvalue weighted by atomic mass is 10.3. The molecular formula is C7H5BrF3NO3S. The van der Waals surface area contributed by atoms with Crippen molar-refractivity contribution in [1.82, 2.24) is 0 Å². The third kappa shape index (κ3) is 2.09. The molecule has 0 unspecified atom stereocenters. The maximum absolute atomic E-state index is 12.2. The SMILES string of the molecule is Nc1cc(S(=O)(=O)C(F)(F)F)cc(Br)c1O. The predicted octanol–water partition coefficient (Wildman–Crippen LogP) is 2.03. The minimum absolute atomic E-state index is 0.227. The highest BCUT2D eigenvalue weighted by Crippen LogP contribution is 2.37. The summed E-state index contributed by atoms with van der Waals surface area (Å²) in [6.07, 6.45) is 0. The fraction of sp³-hybridized carbons (Fsp3) is 0.143. The van der Waals surface area contributed by atoms with Gasteiger partial charge in [0.05, 0.1) is 15.1 Å². The number of phenolic OH excluding ortho intramolecular Hbond substituents is 1. The van der Waals surface area contributed by atoms with E-state index in [4.69, 9.17) is 10.8 Å². The van der Waals surface area contributed by atoms with Crippen LogP contribution in [-0.2, 0) is 9.84 Å². The van der Waals surface area contributed by atoms with Gasteiger partial charge in [0, 0.05) is 0 Å². The second-order valence-corrected chi connectivity index (χ2v) is 5.59. The summed E-state index contributed by atoms with van der Waals surface area (Å²) in [4.78, 5) is -1.03. The van der Waals surface area contributed by atoms with Crippen molar-refractivity contribution in [3.05, 3.63) is 16.6 Å². The molecule has 0 aromatic heterocycles. The third-order valence-electron chi connectivity index (χ3n) is 1.68. The van der Waals surface area contributed by atoms with E-state index >= 15 is 0 Å². The smallest absolute Gasteiger partial charge is 0.501 e. The van der Waals surface area contributed by atoms with Crippen molar-refractivity contribution in [3.8, 4) is 5.75 Å². The Morgan fingerprint density at radius 1 is 1.31 bits per heavy atom. The van der Waals surface area contributed by atoms with Crippen LogP contribution in [0.5, 0.6) is 5.75 Å². The van der Waals surface area contributed by atoms with Gasteiger partial charge >= 0.3 is 5.51 Å². The summed E-state index contributed by atoms with van der Waals surface area (Å²) < 4.78 is 58.3. The van der Waals surface area contributed by atoms with E-state index in [1.165, 1.54) is 0 Å². The summed E-state index contributed by atoms with van der Waals surface area (Å²) >= 11 is 2.69. The van der Waals surface area contributed by atoms with E-state index in [9.17, 15) is 21.6 Å². The predicted molar refractivity (Wildman–Crippen MR) is 53.5 cm³/mol. The van der Waals surface area contributed by atoms with Crippen LogP contribution >= 0.6 is 15.9 Å². The average molecular weight is 320 g/mol. The van der Waals surface area contributed by atoms with E-state index in [-0.39, 0.29) is 4.47 Å². The zero-order chi connectivity index (χ0) is 12.7. The molecule has 0 heterocycles. The summed E-state index contributed by atoms with van der Waals surface area (Å²) in [7, 11) is -5.46. The summed E-state index contributed by atoms with van der Waals surface area (Å²) in [5, 5.41) is 9.15. The van der Waals surface area contributed by atoms with Gasteiger partial charge in [-0.25, -0.2) is 8.42 Å². The topological polar surface area (TPSA) is 80.4 Å². The molecule has 1 rings (SSSR count).